The molecular formula is C21H22N2O4. The zero-order valence-electron chi connectivity index (χ0n) is 15.7. The number of hydrogen-bond donors (Lipinski definition) is 1. The zero-order valence-corrected chi connectivity index (χ0v) is 15.7. The molecule has 1 fully saturated rings. The lowest BCUT2D eigenvalue weighted by Crippen LogP contribution is -2.45. The highest BCUT2D eigenvalue weighted by atomic mass is 16.7. The Labute approximate surface area is 157 Å². The van der Waals surface area contributed by atoms with Gasteiger partial charge in [-0.25, -0.2) is 9.59 Å². The molecule has 0 spiro atoms. The summed E-state index contributed by atoms with van der Waals surface area (Å²) < 4.78 is 12.8. The fourth-order valence-electron chi connectivity index (χ4n) is 4.61. The molecule has 0 saturated carbocycles. The molecule has 1 aromatic heterocycles. The van der Waals surface area contributed by atoms with Gasteiger partial charge in [0.05, 0.1) is 18.3 Å². The molecule has 2 aliphatic heterocycles. The molecular weight excluding hydrogens is 344 g/mol. The van der Waals surface area contributed by atoms with E-state index in [4.69, 9.17) is 9.47 Å². The van der Waals surface area contributed by atoms with Crippen LogP contribution in [0.15, 0.2) is 29.5 Å². The lowest BCUT2D eigenvalue weighted by Gasteiger charge is -2.36. The number of rotatable bonds is 0. The van der Waals surface area contributed by atoms with Crippen LogP contribution in [-0.4, -0.2) is 22.3 Å². The topological polar surface area (TPSA) is 69.6 Å². The molecule has 1 aliphatic carbocycles. The maximum absolute atomic E-state index is 12.5. The number of nitrogens with one attached hydrogen (secondary N) is 1. The Morgan fingerprint density at radius 3 is 2.67 bits per heavy atom. The van der Waals surface area contributed by atoms with Crippen LogP contribution in [0.1, 0.15) is 49.6 Å². The molecule has 0 amide bonds. The lowest BCUT2D eigenvalue weighted by molar-refractivity contribution is -0.222. The predicted octanol–water partition coefficient (Wildman–Crippen LogP) is 3.02. The van der Waals surface area contributed by atoms with E-state index in [0.717, 1.165) is 24.8 Å². The molecule has 5 rings (SSSR count). The van der Waals surface area contributed by atoms with Gasteiger partial charge >= 0.3 is 11.9 Å². The highest BCUT2D eigenvalue weighted by Crippen LogP contribution is 2.41. The summed E-state index contributed by atoms with van der Waals surface area (Å²) in [6.07, 6.45) is 3.10. The molecule has 6 heteroatoms. The molecule has 6 nitrogen and oxygen atoms in total. The molecule has 3 aliphatic rings. The predicted molar refractivity (Wildman–Crippen MR) is 98.8 cm³/mol. The molecule has 1 atom stereocenters. The second kappa shape index (κ2) is 5.38. The minimum atomic E-state index is -1.23. The summed E-state index contributed by atoms with van der Waals surface area (Å²) in [6.45, 7) is 5.66. The Morgan fingerprint density at radius 2 is 1.93 bits per heavy atom. The highest BCUT2D eigenvalue weighted by Gasteiger charge is 2.43. The standard InChI is InChI=1S/C21H22N2O4/c1-11-7-8-16-13(9-11)12-5-4-6-14-18(12)23(16)10-15(22-14)17-19(24)26-21(2,3)27-20(17)25/h7-9,14,22H,4-6,10H2,1-3H3/t14-/m1/s1. The van der Waals surface area contributed by atoms with Crippen molar-refractivity contribution in [1.82, 2.24) is 9.88 Å². The quantitative estimate of drug-likeness (QED) is 0.441. The number of aryl methyl sites for hydroxylation is 2. The van der Waals surface area contributed by atoms with E-state index in [0.29, 0.717) is 12.2 Å². The van der Waals surface area contributed by atoms with E-state index in [1.54, 1.807) is 13.8 Å². The second-order valence-electron chi connectivity index (χ2n) is 8.09. The van der Waals surface area contributed by atoms with Gasteiger partial charge < -0.3 is 19.4 Å². The van der Waals surface area contributed by atoms with Gasteiger partial charge in [0.1, 0.15) is 0 Å². The first-order chi connectivity index (χ1) is 12.8. The van der Waals surface area contributed by atoms with Crippen LogP contribution in [0.3, 0.4) is 0 Å². The molecule has 1 saturated heterocycles. The van der Waals surface area contributed by atoms with Gasteiger partial charge in [0, 0.05) is 30.4 Å². The average Bonchev–Trinajstić information content (AvgIpc) is 2.88. The van der Waals surface area contributed by atoms with Crippen molar-refractivity contribution in [2.75, 3.05) is 0 Å². The van der Waals surface area contributed by atoms with Crippen molar-refractivity contribution in [2.45, 2.75) is 58.4 Å². The maximum Gasteiger partial charge on any atom is 0.350 e. The summed E-state index contributed by atoms with van der Waals surface area (Å²) in [6, 6.07) is 6.56. The number of hydrogen-bond acceptors (Lipinski definition) is 5. The van der Waals surface area contributed by atoms with Crippen LogP contribution < -0.4 is 5.32 Å². The maximum atomic E-state index is 12.5. The molecule has 140 valence electrons. The summed E-state index contributed by atoms with van der Waals surface area (Å²) in [4.78, 5) is 25.0. The minimum Gasteiger partial charge on any atom is -0.419 e. The molecule has 27 heavy (non-hydrogen) atoms. The molecule has 3 heterocycles. The Kier molecular flexibility index (Phi) is 3.27. The Bertz CT molecular complexity index is 1020. The second-order valence-corrected chi connectivity index (χ2v) is 8.09. The van der Waals surface area contributed by atoms with E-state index in [-0.39, 0.29) is 11.6 Å². The van der Waals surface area contributed by atoms with Gasteiger partial charge in [0.25, 0.3) is 5.79 Å². The van der Waals surface area contributed by atoms with Crippen molar-refractivity contribution in [1.29, 1.82) is 0 Å². The van der Waals surface area contributed by atoms with E-state index in [1.807, 2.05) is 0 Å². The van der Waals surface area contributed by atoms with Crippen molar-refractivity contribution < 1.29 is 19.1 Å². The van der Waals surface area contributed by atoms with Crippen LogP contribution in [-0.2, 0) is 32.0 Å². The Morgan fingerprint density at radius 1 is 1.19 bits per heavy atom. The number of allylic oxidation sites excluding steroid dienone is 1. The van der Waals surface area contributed by atoms with Crippen LogP contribution in [0.2, 0.25) is 0 Å². The number of aromatic nitrogens is 1. The summed E-state index contributed by atoms with van der Waals surface area (Å²) in [7, 11) is 0. The number of carbonyl (C=O) groups is 2. The lowest BCUT2D eigenvalue weighted by atomic mass is 9.90. The van der Waals surface area contributed by atoms with Gasteiger partial charge in [-0.15, -0.1) is 0 Å². The summed E-state index contributed by atoms with van der Waals surface area (Å²) in [5, 5.41) is 4.72. The summed E-state index contributed by atoms with van der Waals surface area (Å²) >= 11 is 0. The van der Waals surface area contributed by atoms with E-state index < -0.39 is 17.7 Å². The average molecular weight is 366 g/mol. The number of benzene rings is 1. The van der Waals surface area contributed by atoms with Gasteiger partial charge in [-0.3, -0.25) is 0 Å². The van der Waals surface area contributed by atoms with Crippen molar-refractivity contribution >= 4 is 22.8 Å². The molecule has 0 bridgehead atoms. The third kappa shape index (κ3) is 2.39. The number of nitrogens with zero attached hydrogens (tertiary/aromatic N) is 1. The van der Waals surface area contributed by atoms with Gasteiger partial charge in [-0.1, -0.05) is 11.6 Å². The number of esters is 2. The van der Waals surface area contributed by atoms with Gasteiger partial charge in [-0.2, -0.15) is 0 Å². The molecule has 1 aromatic carbocycles. The fourth-order valence-corrected chi connectivity index (χ4v) is 4.61. The fraction of sp³-hybridized carbons (Fsp3) is 0.429. The third-order valence-electron chi connectivity index (χ3n) is 5.67. The van der Waals surface area contributed by atoms with Crippen molar-refractivity contribution in [3.8, 4) is 0 Å². The van der Waals surface area contributed by atoms with E-state index in [9.17, 15) is 9.59 Å². The van der Waals surface area contributed by atoms with Crippen molar-refractivity contribution in [3.63, 3.8) is 0 Å². The number of fused-ring (bicyclic) bond motifs is 3. The number of ether oxygens (including phenoxy) is 2. The van der Waals surface area contributed by atoms with Gasteiger partial charge in [-0.05, 0) is 43.9 Å². The largest absolute Gasteiger partial charge is 0.419 e. The summed E-state index contributed by atoms with van der Waals surface area (Å²) in [5.74, 6) is -2.47. The Balaban J connectivity index is 1.68. The van der Waals surface area contributed by atoms with Crippen LogP contribution in [0, 0.1) is 6.92 Å². The molecule has 0 unspecified atom stereocenters. The smallest absolute Gasteiger partial charge is 0.350 e. The SMILES string of the molecule is Cc1ccc2c(c1)c1c3n2CC(=C2C(=O)OC(C)(C)OC2=O)N[C@@H]3CCC1. The highest BCUT2D eigenvalue weighted by molar-refractivity contribution is 6.16. The van der Waals surface area contributed by atoms with Gasteiger partial charge in [0.2, 0.25) is 0 Å². The minimum absolute atomic E-state index is 0.0129. The monoisotopic (exact) mass is 366 g/mol. The first-order valence-electron chi connectivity index (χ1n) is 9.42. The Hall–Kier alpha value is -2.76. The first kappa shape index (κ1) is 16.4. The number of cyclic esters (lactones) is 2. The van der Waals surface area contributed by atoms with Crippen molar-refractivity contribution in [2.24, 2.45) is 0 Å². The van der Waals surface area contributed by atoms with Crippen LogP contribution in [0.4, 0.5) is 0 Å². The van der Waals surface area contributed by atoms with Crippen LogP contribution in [0.25, 0.3) is 10.9 Å². The summed E-state index contributed by atoms with van der Waals surface area (Å²) in [5.41, 5.74) is 5.62. The van der Waals surface area contributed by atoms with E-state index >= 15 is 0 Å². The van der Waals surface area contributed by atoms with Crippen molar-refractivity contribution in [3.05, 3.63) is 46.3 Å². The van der Waals surface area contributed by atoms with E-state index in [1.165, 1.54) is 22.2 Å². The molecule has 0 radical (unpaired) electrons. The van der Waals surface area contributed by atoms with E-state index in [2.05, 4.69) is 35.0 Å². The van der Waals surface area contributed by atoms with Gasteiger partial charge in [0.15, 0.2) is 5.57 Å². The molecule has 1 N–H and O–H groups in total. The normalized spacial score (nSPS) is 23.6. The third-order valence-corrected chi connectivity index (χ3v) is 5.67. The zero-order chi connectivity index (χ0) is 18.9. The molecule has 2 aromatic rings. The van der Waals surface area contributed by atoms with Crippen LogP contribution >= 0.6 is 0 Å². The number of carbonyl (C=O) groups excluding carboxylic acids is 2. The first-order valence-corrected chi connectivity index (χ1v) is 9.42. The van der Waals surface area contributed by atoms with Crippen LogP contribution in [0.5, 0.6) is 0 Å².